The molecule has 1 fully saturated rings. The highest BCUT2D eigenvalue weighted by molar-refractivity contribution is 6.04. The third kappa shape index (κ3) is 3.80. The van der Waals surface area contributed by atoms with Crippen LogP contribution in [-0.4, -0.2) is 43.1 Å². The van der Waals surface area contributed by atoms with E-state index in [0.29, 0.717) is 29.8 Å². The monoisotopic (exact) mass is 428 g/mol. The molecule has 32 heavy (non-hydrogen) atoms. The molecule has 0 radical (unpaired) electrons. The van der Waals surface area contributed by atoms with Crippen LogP contribution in [0, 0.1) is 0 Å². The summed E-state index contributed by atoms with van der Waals surface area (Å²) in [6.45, 7) is 4.64. The minimum atomic E-state index is -0.636. The molecule has 6 nitrogen and oxygen atoms in total. The van der Waals surface area contributed by atoms with Crippen molar-refractivity contribution in [1.82, 2.24) is 4.90 Å². The van der Waals surface area contributed by atoms with E-state index in [2.05, 4.69) is 17.0 Å². The highest BCUT2D eigenvalue weighted by Gasteiger charge is 2.26. The molecule has 1 saturated heterocycles. The molecule has 1 amide bonds. The van der Waals surface area contributed by atoms with Crippen molar-refractivity contribution in [2.24, 2.45) is 0 Å². The van der Waals surface area contributed by atoms with Gasteiger partial charge in [-0.2, -0.15) is 0 Å². The first-order valence-electron chi connectivity index (χ1n) is 10.8. The van der Waals surface area contributed by atoms with Crippen LogP contribution in [0.5, 0.6) is 5.75 Å². The van der Waals surface area contributed by atoms with Crippen molar-refractivity contribution in [1.29, 1.82) is 0 Å². The highest BCUT2D eigenvalue weighted by atomic mass is 16.5. The normalized spacial score (nSPS) is 15.2. The molecular weight excluding hydrogens is 404 g/mol. The van der Waals surface area contributed by atoms with Gasteiger partial charge in [0, 0.05) is 43.3 Å². The second-order valence-electron chi connectivity index (χ2n) is 8.00. The quantitative estimate of drug-likeness (QED) is 0.362. The molecule has 1 atom stereocenters. The van der Waals surface area contributed by atoms with Crippen LogP contribution in [-0.2, 0) is 4.79 Å². The van der Waals surface area contributed by atoms with Crippen molar-refractivity contribution < 1.29 is 13.9 Å². The Morgan fingerprint density at radius 2 is 1.56 bits per heavy atom. The first kappa shape index (κ1) is 20.1. The largest absolute Gasteiger partial charge is 0.481 e. The Bertz CT molecular complexity index is 1320. The van der Waals surface area contributed by atoms with Crippen LogP contribution in [0.3, 0.4) is 0 Å². The summed E-state index contributed by atoms with van der Waals surface area (Å²) in [6.07, 6.45) is -0.636. The van der Waals surface area contributed by atoms with E-state index in [-0.39, 0.29) is 11.5 Å². The summed E-state index contributed by atoms with van der Waals surface area (Å²) < 4.78 is 11.4. The molecule has 0 aliphatic carbocycles. The maximum atomic E-state index is 12.9. The maximum Gasteiger partial charge on any atom is 0.344 e. The van der Waals surface area contributed by atoms with Crippen LogP contribution >= 0.6 is 0 Å². The second kappa shape index (κ2) is 8.38. The molecular formula is C26H24N2O4. The summed E-state index contributed by atoms with van der Waals surface area (Å²) in [7, 11) is 0. The molecule has 0 N–H and O–H groups in total. The Hall–Kier alpha value is -3.80. The summed E-state index contributed by atoms with van der Waals surface area (Å²) >= 11 is 0. The number of carbonyl (C=O) groups excluding carboxylic acids is 1. The molecule has 1 unspecified atom stereocenters. The fourth-order valence-corrected chi connectivity index (χ4v) is 4.27. The molecule has 6 heteroatoms. The SMILES string of the molecule is CC(Oc1ccc2c(c1)oc(=O)c1ccccc12)C(=O)N1CCN(c2ccccc2)CC1. The first-order valence-corrected chi connectivity index (χ1v) is 10.8. The predicted molar refractivity (Wildman–Crippen MR) is 125 cm³/mol. The van der Waals surface area contributed by atoms with Gasteiger partial charge in [-0.15, -0.1) is 0 Å². The fourth-order valence-electron chi connectivity index (χ4n) is 4.27. The number of nitrogens with zero attached hydrogens (tertiary/aromatic N) is 2. The third-order valence-corrected chi connectivity index (χ3v) is 5.97. The van der Waals surface area contributed by atoms with E-state index in [1.54, 1.807) is 19.1 Å². The van der Waals surface area contributed by atoms with Gasteiger partial charge >= 0.3 is 5.63 Å². The molecule has 0 saturated carbocycles. The van der Waals surface area contributed by atoms with Crippen LogP contribution in [0.15, 0.2) is 82.0 Å². The van der Waals surface area contributed by atoms with E-state index >= 15 is 0 Å². The lowest BCUT2D eigenvalue weighted by molar-refractivity contribution is -0.138. The minimum absolute atomic E-state index is 0.0437. The van der Waals surface area contributed by atoms with Crippen molar-refractivity contribution in [3.05, 3.63) is 83.2 Å². The molecule has 0 bridgehead atoms. The van der Waals surface area contributed by atoms with Gasteiger partial charge in [-0.3, -0.25) is 4.79 Å². The van der Waals surface area contributed by atoms with E-state index in [0.717, 1.165) is 23.9 Å². The lowest BCUT2D eigenvalue weighted by Gasteiger charge is -2.37. The Morgan fingerprint density at radius 1 is 0.875 bits per heavy atom. The summed E-state index contributed by atoms with van der Waals surface area (Å²) in [5, 5.41) is 2.22. The van der Waals surface area contributed by atoms with Gasteiger partial charge in [0.25, 0.3) is 5.91 Å². The van der Waals surface area contributed by atoms with Crippen LogP contribution in [0.4, 0.5) is 5.69 Å². The standard InChI is InChI=1S/C26H24N2O4/c1-18(25(29)28-15-13-27(14-16-28)19-7-3-2-4-8-19)31-20-11-12-22-21-9-5-6-10-23(21)26(30)32-24(22)17-20/h2-12,17-18H,13-16H2,1H3. The van der Waals surface area contributed by atoms with Crippen molar-refractivity contribution >= 4 is 33.3 Å². The van der Waals surface area contributed by atoms with E-state index in [4.69, 9.17) is 9.15 Å². The van der Waals surface area contributed by atoms with Crippen LogP contribution < -0.4 is 15.3 Å². The van der Waals surface area contributed by atoms with E-state index in [9.17, 15) is 9.59 Å². The average molecular weight is 428 g/mol. The van der Waals surface area contributed by atoms with Crippen molar-refractivity contribution in [2.75, 3.05) is 31.1 Å². The maximum absolute atomic E-state index is 12.9. The van der Waals surface area contributed by atoms with Gasteiger partial charge in [-0.05, 0) is 42.6 Å². The van der Waals surface area contributed by atoms with Gasteiger partial charge in [0.2, 0.25) is 0 Å². The van der Waals surface area contributed by atoms with Crippen LogP contribution in [0.1, 0.15) is 6.92 Å². The number of amides is 1. The molecule has 5 rings (SSSR count). The second-order valence-corrected chi connectivity index (χ2v) is 8.00. The Morgan fingerprint density at radius 3 is 2.31 bits per heavy atom. The number of para-hydroxylation sites is 1. The van der Waals surface area contributed by atoms with Gasteiger partial charge in [0.1, 0.15) is 11.3 Å². The lowest BCUT2D eigenvalue weighted by Crippen LogP contribution is -2.52. The molecule has 1 aromatic heterocycles. The Balaban J connectivity index is 1.28. The number of hydrogen-bond acceptors (Lipinski definition) is 5. The summed E-state index contributed by atoms with van der Waals surface area (Å²) in [6, 6.07) is 22.9. The summed E-state index contributed by atoms with van der Waals surface area (Å²) in [5.41, 5.74) is 1.24. The highest BCUT2D eigenvalue weighted by Crippen LogP contribution is 2.27. The van der Waals surface area contributed by atoms with Gasteiger partial charge < -0.3 is 19.0 Å². The van der Waals surface area contributed by atoms with Gasteiger partial charge in [0.15, 0.2) is 6.10 Å². The fraction of sp³-hybridized carbons (Fsp3) is 0.231. The molecule has 2 heterocycles. The average Bonchev–Trinajstić information content (AvgIpc) is 2.84. The van der Waals surface area contributed by atoms with E-state index < -0.39 is 6.10 Å². The zero-order valence-corrected chi connectivity index (χ0v) is 17.9. The molecule has 162 valence electrons. The zero-order chi connectivity index (χ0) is 22.1. The number of rotatable bonds is 4. The van der Waals surface area contributed by atoms with Crippen molar-refractivity contribution in [3.8, 4) is 5.75 Å². The molecule has 4 aromatic rings. The number of anilines is 1. The topological polar surface area (TPSA) is 63.0 Å². The Kier molecular flexibility index (Phi) is 5.27. The van der Waals surface area contributed by atoms with Crippen LogP contribution in [0.25, 0.3) is 21.7 Å². The molecule has 3 aromatic carbocycles. The first-order chi connectivity index (χ1) is 15.6. The molecule has 1 aliphatic rings. The van der Waals surface area contributed by atoms with Gasteiger partial charge in [-0.25, -0.2) is 4.79 Å². The summed E-state index contributed by atoms with van der Waals surface area (Å²) in [4.78, 5) is 29.4. The number of piperazine rings is 1. The van der Waals surface area contributed by atoms with Crippen LogP contribution in [0.2, 0.25) is 0 Å². The number of benzene rings is 3. The zero-order valence-electron chi connectivity index (χ0n) is 17.9. The number of hydrogen-bond donors (Lipinski definition) is 0. The summed E-state index contributed by atoms with van der Waals surface area (Å²) in [5.74, 6) is 0.456. The Labute approximate surface area is 185 Å². The molecule has 0 spiro atoms. The minimum Gasteiger partial charge on any atom is -0.481 e. The molecule has 1 aliphatic heterocycles. The van der Waals surface area contributed by atoms with E-state index in [1.807, 2.05) is 53.4 Å². The van der Waals surface area contributed by atoms with Gasteiger partial charge in [0.05, 0.1) is 5.39 Å². The van der Waals surface area contributed by atoms with Crippen molar-refractivity contribution in [2.45, 2.75) is 13.0 Å². The lowest BCUT2D eigenvalue weighted by atomic mass is 10.1. The van der Waals surface area contributed by atoms with Gasteiger partial charge in [-0.1, -0.05) is 36.4 Å². The number of ether oxygens (including phenoxy) is 1. The third-order valence-electron chi connectivity index (χ3n) is 5.97. The number of carbonyl (C=O) groups is 1. The smallest absolute Gasteiger partial charge is 0.344 e. The van der Waals surface area contributed by atoms with Crippen molar-refractivity contribution in [3.63, 3.8) is 0 Å². The number of fused-ring (bicyclic) bond motifs is 3. The van der Waals surface area contributed by atoms with E-state index in [1.165, 1.54) is 5.69 Å². The predicted octanol–water partition coefficient (Wildman–Crippen LogP) is 4.06.